The number of furan rings is 1. The molecule has 5 heteroatoms. The molecule has 5 rings (SSSR count). The zero-order chi connectivity index (χ0) is 18.9. The normalized spacial score (nSPS) is 11.0. The summed E-state index contributed by atoms with van der Waals surface area (Å²) in [5, 5.41) is 0. The smallest absolute Gasteiger partial charge is 0.193 e. The van der Waals surface area contributed by atoms with Gasteiger partial charge in [0.1, 0.15) is 11.6 Å². The van der Waals surface area contributed by atoms with E-state index in [0.717, 1.165) is 22.4 Å². The van der Waals surface area contributed by atoms with Crippen LogP contribution in [0.3, 0.4) is 0 Å². The number of hydrogen-bond acceptors (Lipinski definition) is 4. The molecule has 0 atom stereocenters. The molecule has 0 saturated carbocycles. The molecule has 0 saturated heterocycles. The van der Waals surface area contributed by atoms with Crippen LogP contribution in [0.25, 0.3) is 33.9 Å². The molecule has 0 fully saturated rings. The minimum atomic E-state index is 0.00140. The van der Waals surface area contributed by atoms with Gasteiger partial charge in [-0.3, -0.25) is 4.79 Å². The fourth-order valence-corrected chi connectivity index (χ4v) is 3.15. The Morgan fingerprint density at radius 2 is 1.64 bits per heavy atom. The number of benzene rings is 2. The zero-order valence-electron chi connectivity index (χ0n) is 14.8. The van der Waals surface area contributed by atoms with Gasteiger partial charge in [-0.05, 0) is 18.2 Å². The van der Waals surface area contributed by atoms with Crippen LogP contribution < -0.4 is 0 Å². The van der Waals surface area contributed by atoms with Gasteiger partial charge >= 0.3 is 0 Å². The summed E-state index contributed by atoms with van der Waals surface area (Å²) < 4.78 is 5.43. The van der Waals surface area contributed by atoms with E-state index in [1.54, 1.807) is 12.5 Å². The Bertz CT molecular complexity index is 1250. The Balaban J connectivity index is 1.46. The third-order valence-corrected chi connectivity index (χ3v) is 4.60. The average molecular weight is 365 g/mol. The van der Waals surface area contributed by atoms with Gasteiger partial charge in [0.05, 0.1) is 11.8 Å². The van der Waals surface area contributed by atoms with Crippen LogP contribution >= 0.6 is 0 Å². The van der Waals surface area contributed by atoms with Crippen molar-refractivity contribution < 1.29 is 9.21 Å². The molecule has 5 aromatic rings. The molecule has 2 aromatic carbocycles. The Hall–Kier alpha value is -3.99. The Kier molecular flexibility index (Phi) is 3.84. The zero-order valence-corrected chi connectivity index (χ0v) is 14.8. The summed E-state index contributed by atoms with van der Waals surface area (Å²) in [7, 11) is 0. The lowest BCUT2D eigenvalue weighted by Crippen LogP contribution is -2.00. The molecule has 0 aliphatic rings. The second kappa shape index (κ2) is 6.63. The van der Waals surface area contributed by atoms with E-state index in [2.05, 4.69) is 15.0 Å². The number of aromatic nitrogens is 3. The second-order valence-electron chi connectivity index (χ2n) is 6.43. The fourth-order valence-electron chi connectivity index (χ4n) is 3.15. The monoisotopic (exact) mass is 365 g/mol. The lowest BCUT2D eigenvalue weighted by Gasteiger charge is -2.02. The topological polar surface area (TPSA) is 71.8 Å². The molecule has 1 N–H and O–H groups in total. The SMILES string of the molecule is O=C(c1ccccc1)c1ccc(-c2nc3ncc(-c4ccco4)cc3[nH]2)cc1. The van der Waals surface area contributed by atoms with Crippen molar-refractivity contribution in [2.24, 2.45) is 0 Å². The van der Waals surface area contributed by atoms with Crippen molar-refractivity contribution in [1.82, 2.24) is 15.0 Å². The number of H-pyrrole nitrogens is 1. The average Bonchev–Trinajstić information content (AvgIpc) is 3.43. The van der Waals surface area contributed by atoms with Crippen LogP contribution in [-0.4, -0.2) is 20.7 Å². The van der Waals surface area contributed by atoms with Crippen LogP contribution in [0.4, 0.5) is 0 Å². The van der Waals surface area contributed by atoms with E-state index < -0.39 is 0 Å². The van der Waals surface area contributed by atoms with Crippen molar-refractivity contribution in [2.75, 3.05) is 0 Å². The summed E-state index contributed by atoms with van der Waals surface area (Å²) >= 11 is 0. The van der Waals surface area contributed by atoms with Gasteiger partial charge in [-0.2, -0.15) is 0 Å². The predicted molar refractivity (Wildman–Crippen MR) is 107 cm³/mol. The summed E-state index contributed by atoms with van der Waals surface area (Å²) in [6.07, 6.45) is 3.38. The third kappa shape index (κ3) is 2.89. The van der Waals surface area contributed by atoms with E-state index in [-0.39, 0.29) is 5.78 Å². The first-order valence-corrected chi connectivity index (χ1v) is 8.88. The summed E-state index contributed by atoms with van der Waals surface area (Å²) in [6.45, 7) is 0. The number of rotatable bonds is 4. The maximum absolute atomic E-state index is 12.5. The number of pyridine rings is 1. The molecule has 134 valence electrons. The number of aromatic amines is 1. The molecule has 0 bridgehead atoms. The highest BCUT2D eigenvalue weighted by atomic mass is 16.3. The van der Waals surface area contributed by atoms with Gasteiger partial charge in [-0.15, -0.1) is 0 Å². The van der Waals surface area contributed by atoms with E-state index in [9.17, 15) is 4.79 Å². The molecule has 0 aliphatic heterocycles. The highest BCUT2D eigenvalue weighted by Gasteiger charge is 2.11. The number of carbonyl (C=O) groups excluding carboxylic acids is 1. The van der Waals surface area contributed by atoms with E-state index in [1.807, 2.05) is 72.8 Å². The molecule has 28 heavy (non-hydrogen) atoms. The molecule has 3 aromatic heterocycles. The van der Waals surface area contributed by atoms with Crippen molar-refractivity contribution in [3.05, 3.63) is 96.4 Å². The largest absolute Gasteiger partial charge is 0.464 e. The maximum atomic E-state index is 12.5. The lowest BCUT2D eigenvalue weighted by molar-refractivity contribution is 0.103. The Morgan fingerprint density at radius 1 is 0.857 bits per heavy atom. The minimum absolute atomic E-state index is 0.00140. The van der Waals surface area contributed by atoms with Crippen LogP contribution in [0.5, 0.6) is 0 Å². The standard InChI is InChI=1S/C23H15N3O2/c27-21(15-5-2-1-3-6-15)16-8-10-17(11-9-16)22-25-19-13-18(14-24-23(19)26-22)20-7-4-12-28-20/h1-14H,(H,24,25,26). The first-order valence-electron chi connectivity index (χ1n) is 8.88. The maximum Gasteiger partial charge on any atom is 0.193 e. The molecule has 0 radical (unpaired) electrons. The Morgan fingerprint density at radius 3 is 2.39 bits per heavy atom. The molecular weight excluding hydrogens is 350 g/mol. The molecule has 3 heterocycles. The van der Waals surface area contributed by atoms with Crippen LogP contribution in [-0.2, 0) is 0 Å². The molecule has 0 unspecified atom stereocenters. The highest BCUT2D eigenvalue weighted by Crippen LogP contribution is 2.25. The highest BCUT2D eigenvalue weighted by molar-refractivity contribution is 6.09. The number of nitrogens with one attached hydrogen (secondary N) is 1. The number of nitrogens with zero attached hydrogens (tertiary/aromatic N) is 2. The second-order valence-corrected chi connectivity index (χ2v) is 6.43. The lowest BCUT2D eigenvalue weighted by atomic mass is 10.0. The van der Waals surface area contributed by atoms with Crippen LogP contribution in [0, 0.1) is 0 Å². The summed E-state index contributed by atoms with van der Waals surface area (Å²) in [5.74, 6) is 1.47. The summed E-state index contributed by atoms with van der Waals surface area (Å²) in [5.41, 5.74) is 4.56. The summed E-state index contributed by atoms with van der Waals surface area (Å²) in [6, 6.07) is 22.4. The van der Waals surface area contributed by atoms with E-state index in [0.29, 0.717) is 22.6 Å². The summed E-state index contributed by atoms with van der Waals surface area (Å²) in [4.78, 5) is 24.8. The molecular formula is C23H15N3O2. The van der Waals surface area contributed by atoms with Gasteiger partial charge < -0.3 is 9.40 Å². The third-order valence-electron chi connectivity index (χ3n) is 4.60. The van der Waals surface area contributed by atoms with Crippen molar-refractivity contribution in [1.29, 1.82) is 0 Å². The number of fused-ring (bicyclic) bond motifs is 1. The first-order chi connectivity index (χ1) is 13.8. The quantitative estimate of drug-likeness (QED) is 0.449. The van der Waals surface area contributed by atoms with Crippen molar-refractivity contribution in [3.8, 4) is 22.7 Å². The van der Waals surface area contributed by atoms with Gasteiger partial charge in [0, 0.05) is 28.5 Å². The number of hydrogen-bond donors (Lipinski definition) is 1. The fraction of sp³-hybridized carbons (Fsp3) is 0. The van der Waals surface area contributed by atoms with Gasteiger partial charge in [0.25, 0.3) is 0 Å². The van der Waals surface area contributed by atoms with Crippen LogP contribution in [0.15, 0.2) is 89.7 Å². The van der Waals surface area contributed by atoms with Crippen molar-refractivity contribution in [3.63, 3.8) is 0 Å². The predicted octanol–water partition coefficient (Wildman–Crippen LogP) is 5.12. The van der Waals surface area contributed by atoms with Gasteiger partial charge in [-0.25, -0.2) is 9.97 Å². The van der Waals surface area contributed by atoms with Crippen molar-refractivity contribution >= 4 is 16.9 Å². The van der Waals surface area contributed by atoms with Crippen LogP contribution in [0.2, 0.25) is 0 Å². The van der Waals surface area contributed by atoms with E-state index in [1.165, 1.54) is 0 Å². The van der Waals surface area contributed by atoms with E-state index in [4.69, 9.17) is 4.42 Å². The van der Waals surface area contributed by atoms with E-state index >= 15 is 0 Å². The van der Waals surface area contributed by atoms with Gasteiger partial charge in [0.15, 0.2) is 11.4 Å². The molecule has 5 nitrogen and oxygen atoms in total. The first kappa shape index (κ1) is 16.2. The molecule has 0 amide bonds. The van der Waals surface area contributed by atoms with Gasteiger partial charge in [-0.1, -0.05) is 54.6 Å². The minimum Gasteiger partial charge on any atom is -0.464 e. The number of ketones is 1. The Labute approximate surface area is 160 Å². The van der Waals surface area contributed by atoms with Crippen LogP contribution in [0.1, 0.15) is 15.9 Å². The van der Waals surface area contributed by atoms with Gasteiger partial charge in [0.2, 0.25) is 0 Å². The molecule has 0 aliphatic carbocycles. The molecule has 0 spiro atoms. The number of imidazole rings is 1. The number of carbonyl (C=O) groups is 1. The van der Waals surface area contributed by atoms with Crippen molar-refractivity contribution in [2.45, 2.75) is 0 Å².